The van der Waals surface area contributed by atoms with Gasteiger partial charge in [0.15, 0.2) is 17.1 Å². The van der Waals surface area contributed by atoms with Crippen LogP contribution in [0, 0.1) is 6.92 Å². The van der Waals surface area contributed by atoms with Gasteiger partial charge in [-0.25, -0.2) is 9.97 Å². The number of carbonyl (C=O) groups is 1. The van der Waals surface area contributed by atoms with Crippen LogP contribution in [0.2, 0.25) is 0 Å². The van der Waals surface area contributed by atoms with Crippen molar-refractivity contribution in [3.8, 4) is 11.5 Å². The minimum Gasteiger partial charge on any atom is -0.463 e. The Morgan fingerprint density at radius 1 is 1.40 bits per heavy atom. The van der Waals surface area contributed by atoms with E-state index in [-0.39, 0.29) is 5.91 Å². The van der Waals surface area contributed by atoms with E-state index in [0.29, 0.717) is 29.3 Å². The summed E-state index contributed by atoms with van der Waals surface area (Å²) in [4.78, 5) is 20.4. The Morgan fingerprint density at radius 3 is 2.95 bits per heavy atom. The molecule has 3 rings (SSSR count). The van der Waals surface area contributed by atoms with Gasteiger partial charge in [0, 0.05) is 12.6 Å². The number of nitrogens with zero attached hydrogens (tertiary/aromatic N) is 3. The molecule has 6 heteroatoms. The van der Waals surface area contributed by atoms with E-state index in [4.69, 9.17) is 4.42 Å². The molecule has 0 bridgehead atoms. The zero-order valence-electron chi connectivity index (χ0n) is 11.3. The Balaban J connectivity index is 2.17. The summed E-state index contributed by atoms with van der Waals surface area (Å²) < 4.78 is 7.23. The molecular formula is C14H14N4O2. The first-order valence-electron chi connectivity index (χ1n) is 6.37. The molecule has 3 aromatic heterocycles. The fraction of sp³-hybridized carbons (Fsp3) is 0.214. The van der Waals surface area contributed by atoms with Crippen LogP contribution < -0.4 is 5.32 Å². The van der Waals surface area contributed by atoms with Crippen LogP contribution >= 0.6 is 0 Å². The maximum absolute atomic E-state index is 11.5. The Hall–Kier alpha value is -2.63. The van der Waals surface area contributed by atoms with Gasteiger partial charge in [0.1, 0.15) is 5.82 Å². The minimum atomic E-state index is -0.0842. The molecule has 0 aromatic carbocycles. The van der Waals surface area contributed by atoms with E-state index in [1.54, 1.807) is 25.5 Å². The van der Waals surface area contributed by atoms with E-state index >= 15 is 0 Å². The Kier molecular flexibility index (Phi) is 2.98. The first kappa shape index (κ1) is 12.4. The molecule has 3 aromatic rings. The third kappa shape index (κ3) is 2.16. The molecule has 0 fully saturated rings. The predicted octanol–water partition coefficient (Wildman–Crippen LogP) is 2.65. The molecule has 1 N–H and O–H groups in total. The molecule has 0 aliphatic rings. The molecular weight excluding hydrogens is 256 g/mol. The van der Waals surface area contributed by atoms with Crippen molar-refractivity contribution in [3.05, 3.63) is 36.5 Å². The molecule has 3 heterocycles. The highest BCUT2D eigenvalue weighted by Crippen LogP contribution is 2.24. The largest absolute Gasteiger partial charge is 0.463 e. The molecule has 0 atom stereocenters. The quantitative estimate of drug-likeness (QED) is 0.794. The number of aromatic nitrogens is 3. The summed E-state index contributed by atoms with van der Waals surface area (Å²) in [6, 6.07) is 3.61. The summed E-state index contributed by atoms with van der Waals surface area (Å²) in [5.74, 6) is 1.01. The lowest BCUT2D eigenvalue weighted by Crippen LogP contribution is -2.12. The number of hydrogen-bond acceptors (Lipinski definition) is 4. The van der Waals surface area contributed by atoms with Gasteiger partial charge in [-0.05, 0) is 19.1 Å². The van der Waals surface area contributed by atoms with Gasteiger partial charge >= 0.3 is 0 Å². The fourth-order valence-electron chi connectivity index (χ4n) is 1.99. The number of rotatable bonds is 3. The molecule has 0 aliphatic heterocycles. The number of nitrogens with one attached hydrogen (secondary N) is 1. The average Bonchev–Trinajstić information content (AvgIpc) is 3.05. The smallest absolute Gasteiger partial charge is 0.225 e. The van der Waals surface area contributed by atoms with E-state index in [2.05, 4.69) is 15.3 Å². The van der Waals surface area contributed by atoms with E-state index in [1.165, 1.54) is 0 Å². The van der Waals surface area contributed by atoms with Crippen molar-refractivity contribution in [3.63, 3.8) is 0 Å². The van der Waals surface area contributed by atoms with Crippen LogP contribution in [0.15, 0.2) is 35.2 Å². The molecule has 20 heavy (non-hydrogen) atoms. The van der Waals surface area contributed by atoms with Gasteiger partial charge < -0.3 is 14.1 Å². The van der Waals surface area contributed by atoms with Crippen molar-refractivity contribution in [1.29, 1.82) is 0 Å². The third-order valence-corrected chi connectivity index (χ3v) is 2.90. The second kappa shape index (κ2) is 4.80. The monoisotopic (exact) mass is 270 g/mol. The van der Waals surface area contributed by atoms with E-state index in [9.17, 15) is 4.79 Å². The lowest BCUT2D eigenvalue weighted by molar-refractivity contribution is -0.115. The number of hydrogen-bond donors (Lipinski definition) is 1. The van der Waals surface area contributed by atoms with Crippen LogP contribution in [0.5, 0.6) is 0 Å². The Bertz CT molecular complexity index is 759. The van der Waals surface area contributed by atoms with Crippen molar-refractivity contribution in [2.24, 2.45) is 0 Å². The van der Waals surface area contributed by atoms with Crippen LogP contribution in [-0.2, 0) is 4.79 Å². The SMILES string of the molecule is CCC(=O)Nc1cn2cc(C)nc2c(-c2ccco2)n1. The molecule has 0 spiro atoms. The highest BCUT2D eigenvalue weighted by Gasteiger charge is 2.14. The van der Waals surface area contributed by atoms with Crippen LogP contribution in [0.25, 0.3) is 17.1 Å². The Morgan fingerprint density at radius 2 is 2.25 bits per heavy atom. The van der Waals surface area contributed by atoms with E-state index in [0.717, 1.165) is 5.69 Å². The minimum absolute atomic E-state index is 0.0842. The maximum atomic E-state index is 11.5. The fourth-order valence-corrected chi connectivity index (χ4v) is 1.99. The van der Waals surface area contributed by atoms with E-state index in [1.807, 2.05) is 23.6 Å². The van der Waals surface area contributed by atoms with Crippen molar-refractivity contribution < 1.29 is 9.21 Å². The molecule has 0 aliphatic carbocycles. The van der Waals surface area contributed by atoms with Gasteiger partial charge in [-0.2, -0.15) is 0 Å². The lowest BCUT2D eigenvalue weighted by atomic mass is 10.3. The van der Waals surface area contributed by atoms with Gasteiger partial charge in [0.05, 0.1) is 18.2 Å². The van der Waals surface area contributed by atoms with Crippen LogP contribution in [0.4, 0.5) is 5.82 Å². The van der Waals surface area contributed by atoms with E-state index < -0.39 is 0 Å². The van der Waals surface area contributed by atoms with Crippen molar-refractivity contribution in [1.82, 2.24) is 14.4 Å². The second-order valence-corrected chi connectivity index (χ2v) is 4.47. The standard InChI is InChI=1S/C14H14N4O2/c1-3-12(19)16-11-8-18-7-9(2)15-14(18)13(17-11)10-5-4-6-20-10/h4-8H,3H2,1-2H3,(H,16,19). The maximum Gasteiger partial charge on any atom is 0.225 e. The number of imidazole rings is 1. The highest BCUT2D eigenvalue weighted by molar-refractivity contribution is 5.90. The van der Waals surface area contributed by atoms with Crippen molar-refractivity contribution in [2.45, 2.75) is 20.3 Å². The predicted molar refractivity (Wildman–Crippen MR) is 74.3 cm³/mol. The molecule has 102 valence electrons. The summed E-state index contributed by atoms with van der Waals surface area (Å²) in [7, 11) is 0. The summed E-state index contributed by atoms with van der Waals surface area (Å²) in [5.41, 5.74) is 2.18. The van der Waals surface area contributed by atoms with Crippen LogP contribution in [0.3, 0.4) is 0 Å². The average molecular weight is 270 g/mol. The normalized spacial score (nSPS) is 10.9. The number of aryl methyl sites for hydroxylation is 1. The van der Waals surface area contributed by atoms with Gasteiger partial charge in [-0.1, -0.05) is 6.92 Å². The molecule has 0 saturated heterocycles. The molecule has 0 radical (unpaired) electrons. The summed E-state index contributed by atoms with van der Waals surface area (Å²) in [5, 5.41) is 2.76. The number of amides is 1. The second-order valence-electron chi connectivity index (χ2n) is 4.47. The van der Waals surface area contributed by atoms with Gasteiger partial charge in [-0.3, -0.25) is 4.79 Å². The summed E-state index contributed by atoms with van der Waals surface area (Å²) in [6.07, 6.45) is 5.61. The zero-order chi connectivity index (χ0) is 14.1. The topological polar surface area (TPSA) is 72.4 Å². The first-order chi connectivity index (χ1) is 9.67. The summed E-state index contributed by atoms with van der Waals surface area (Å²) >= 11 is 0. The zero-order valence-corrected chi connectivity index (χ0v) is 11.3. The first-order valence-corrected chi connectivity index (χ1v) is 6.37. The lowest BCUT2D eigenvalue weighted by Gasteiger charge is -2.06. The number of carbonyl (C=O) groups excluding carboxylic acids is 1. The van der Waals surface area contributed by atoms with Gasteiger partial charge in [0.25, 0.3) is 0 Å². The van der Waals surface area contributed by atoms with Crippen molar-refractivity contribution in [2.75, 3.05) is 5.32 Å². The molecule has 0 unspecified atom stereocenters. The molecule has 1 amide bonds. The number of fused-ring (bicyclic) bond motifs is 1. The third-order valence-electron chi connectivity index (χ3n) is 2.90. The Labute approximate surface area is 115 Å². The number of anilines is 1. The van der Waals surface area contributed by atoms with Gasteiger partial charge in [0.2, 0.25) is 5.91 Å². The molecule has 6 nitrogen and oxygen atoms in total. The summed E-state index contributed by atoms with van der Waals surface area (Å²) in [6.45, 7) is 3.70. The van der Waals surface area contributed by atoms with Crippen LogP contribution in [-0.4, -0.2) is 20.3 Å². The molecule has 0 saturated carbocycles. The van der Waals surface area contributed by atoms with Crippen LogP contribution in [0.1, 0.15) is 19.0 Å². The number of furan rings is 1. The van der Waals surface area contributed by atoms with Crippen molar-refractivity contribution >= 4 is 17.4 Å². The van der Waals surface area contributed by atoms with Gasteiger partial charge in [-0.15, -0.1) is 0 Å². The highest BCUT2D eigenvalue weighted by atomic mass is 16.3.